The molecule has 2 fully saturated rings. The Kier molecular flexibility index (Phi) is 10.3. The quantitative estimate of drug-likeness (QED) is 0.271. The molecule has 0 spiro atoms. The molecule has 2 aliphatic carbocycles. The molecular weight excluding hydrogens is 444 g/mol. The van der Waals surface area contributed by atoms with E-state index in [-0.39, 0.29) is 11.3 Å². The van der Waals surface area contributed by atoms with Gasteiger partial charge in [0.2, 0.25) is 5.91 Å². The van der Waals surface area contributed by atoms with Crippen molar-refractivity contribution in [3.63, 3.8) is 0 Å². The van der Waals surface area contributed by atoms with Crippen LogP contribution in [0.1, 0.15) is 76.5 Å². The van der Waals surface area contributed by atoms with Crippen LogP contribution in [0.3, 0.4) is 0 Å². The first kappa shape index (κ1) is 27.4. The number of hydrogen-bond donors (Lipinski definition) is 3. The highest BCUT2D eigenvalue weighted by Crippen LogP contribution is 2.47. The maximum Gasteiger partial charge on any atom is 0.326 e. The number of pyridine rings is 1. The van der Waals surface area contributed by atoms with Crippen molar-refractivity contribution in [2.75, 3.05) is 38.6 Å². The van der Waals surface area contributed by atoms with Crippen molar-refractivity contribution in [2.45, 2.75) is 90.2 Å². The summed E-state index contributed by atoms with van der Waals surface area (Å²) in [6.45, 7) is 7.15. The molecule has 2 aliphatic rings. The van der Waals surface area contributed by atoms with E-state index in [1.165, 1.54) is 5.56 Å². The van der Waals surface area contributed by atoms with Gasteiger partial charge in [-0.2, -0.15) is 0 Å². The predicted molar refractivity (Wildman–Crippen MR) is 138 cm³/mol. The second-order valence-electron chi connectivity index (χ2n) is 10.5. The van der Waals surface area contributed by atoms with Crippen LogP contribution >= 0.6 is 0 Å². The van der Waals surface area contributed by atoms with Gasteiger partial charge in [0.1, 0.15) is 11.9 Å². The third-order valence-electron chi connectivity index (χ3n) is 7.16. The number of carboxylic acid groups (broad SMARTS) is 1. The van der Waals surface area contributed by atoms with Crippen LogP contribution in [-0.2, 0) is 27.2 Å². The van der Waals surface area contributed by atoms with Gasteiger partial charge in [-0.1, -0.05) is 19.9 Å². The highest BCUT2D eigenvalue weighted by Gasteiger charge is 2.39. The molecule has 1 aromatic heterocycles. The van der Waals surface area contributed by atoms with Crippen molar-refractivity contribution in [1.82, 2.24) is 15.2 Å². The first-order chi connectivity index (χ1) is 16.8. The molecule has 2 saturated carbocycles. The van der Waals surface area contributed by atoms with Gasteiger partial charge in [0.25, 0.3) is 0 Å². The van der Waals surface area contributed by atoms with Gasteiger partial charge in [-0.05, 0) is 81.4 Å². The Labute approximate surface area is 210 Å². The first-order valence-electron chi connectivity index (χ1n) is 13.3. The lowest BCUT2D eigenvalue weighted by Gasteiger charge is -2.24. The van der Waals surface area contributed by atoms with Gasteiger partial charge in [-0.3, -0.25) is 4.79 Å². The second-order valence-corrected chi connectivity index (χ2v) is 10.5. The van der Waals surface area contributed by atoms with Gasteiger partial charge in [0.05, 0.1) is 12.7 Å². The largest absolute Gasteiger partial charge is 0.480 e. The average molecular weight is 489 g/mol. The molecular formula is C27H44N4O4. The number of hydrogen-bond acceptors (Lipinski definition) is 6. The van der Waals surface area contributed by atoms with Crippen molar-refractivity contribution >= 4 is 17.7 Å². The predicted octanol–water partition coefficient (Wildman–Crippen LogP) is 3.64. The van der Waals surface area contributed by atoms with Crippen LogP contribution in [-0.4, -0.2) is 72.3 Å². The van der Waals surface area contributed by atoms with Crippen LogP contribution in [0.2, 0.25) is 0 Å². The standard InChI is InChI=1S/C27H44N4O4/c1-4-20-8-9-21(29-25(20)28-3)7-5-6-15-31(17-18-35-22-10-11-22)16-12-23(26(33)34)30-24(32)19-27(2)13-14-27/h8-9,22-23H,4-7,10-19H2,1-3H3,(H,28,29)(H,30,32)(H,33,34). The smallest absolute Gasteiger partial charge is 0.326 e. The lowest BCUT2D eigenvalue weighted by molar-refractivity contribution is -0.142. The van der Waals surface area contributed by atoms with E-state index in [1.54, 1.807) is 0 Å². The van der Waals surface area contributed by atoms with E-state index in [4.69, 9.17) is 9.72 Å². The van der Waals surface area contributed by atoms with E-state index in [9.17, 15) is 14.7 Å². The maximum absolute atomic E-state index is 12.3. The van der Waals surface area contributed by atoms with E-state index in [1.807, 2.05) is 7.05 Å². The first-order valence-corrected chi connectivity index (χ1v) is 13.3. The molecule has 8 nitrogen and oxygen atoms in total. The van der Waals surface area contributed by atoms with Crippen molar-refractivity contribution in [1.29, 1.82) is 0 Å². The van der Waals surface area contributed by atoms with Gasteiger partial charge in [-0.15, -0.1) is 0 Å². The zero-order valence-electron chi connectivity index (χ0n) is 21.8. The Morgan fingerprint density at radius 2 is 2.00 bits per heavy atom. The number of aryl methyl sites for hydroxylation is 2. The number of amides is 1. The second kappa shape index (κ2) is 13.2. The SMILES string of the molecule is CCc1ccc(CCCCN(CCOC2CC2)CCC(NC(=O)CC2(C)CC2)C(=O)O)nc1NC. The monoisotopic (exact) mass is 488 g/mol. The summed E-state index contributed by atoms with van der Waals surface area (Å²) in [5, 5.41) is 15.6. The molecule has 0 bridgehead atoms. The number of carbonyl (C=O) groups is 2. The van der Waals surface area contributed by atoms with Crippen LogP contribution in [0.5, 0.6) is 0 Å². The molecule has 3 N–H and O–H groups in total. The Morgan fingerprint density at radius 1 is 1.23 bits per heavy atom. The minimum atomic E-state index is -0.963. The topological polar surface area (TPSA) is 104 Å². The number of ether oxygens (including phenoxy) is 1. The molecule has 3 rings (SSSR count). The molecule has 196 valence electrons. The number of rotatable bonds is 18. The molecule has 1 aromatic rings. The van der Waals surface area contributed by atoms with Gasteiger partial charge in [-0.25, -0.2) is 9.78 Å². The number of anilines is 1. The molecule has 0 saturated heterocycles. The third-order valence-corrected chi connectivity index (χ3v) is 7.16. The van der Waals surface area contributed by atoms with Crippen LogP contribution in [0.25, 0.3) is 0 Å². The molecule has 8 heteroatoms. The molecule has 35 heavy (non-hydrogen) atoms. The summed E-state index contributed by atoms with van der Waals surface area (Å²) < 4.78 is 5.84. The Balaban J connectivity index is 1.45. The van der Waals surface area contributed by atoms with Crippen molar-refractivity contribution < 1.29 is 19.4 Å². The summed E-state index contributed by atoms with van der Waals surface area (Å²) in [4.78, 5) is 31.1. The number of aromatic nitrogens is 1. The third kappa shape index (κ3) is 9.76. The fourth-order valence-electron chi connectivity index (χ4n) is 4.32. The molecule has 1 atom stereocenters. The summed E-state index contributed by atoms with van der Waals surface area (Å²) >= 11 is 0. The lowest BCUT2D eigenvalue weighted by Crippen LogP contribution is -2.44. The van der Waals surface area contributed by atoms with E-state index in [2.05, 4.69) is 41.5 Å². The van der Waals surface area contributed by atoms with Crippen LogP contribution in [0.4, 0.5) is 5.82 Å². The summed E-state index contributed by atoms with van der Waals surface area (Å²) in [5.74, 6) is -0.153. The fraction of sp³-hybridized carbons (Fsp3) is 0.741. The Morgan fingerprint density at radius 3 is 2.63 bits per heavy atom. The van der Waals surface area contributed by atoms with Crippen molar-refractivity contribution in [3.8, 4) is 0 Å². The molecule has 0 aromatic carbocycles. The molecule has 0 radical (unpaired) electrons. The molecule has 1 heterocycles. The number of aliphatic carboxylic acids is 1. The zero-order chi connectivity index (χ0) is 25.3. The van der Waals surface area contributed by atoms with Crippen molar-refractivity contribution in [3.05, 3.63) is 23.4 Å². The number of nitrogens with one attached hydrogen (secondary N) is 2. The zero-order valence-corrected chi connectivity index (χ0v) is 21.8. The number of unbranched alkanes of at least 4 members (excludes halogenated alkanes) is 1. The van der Waals surface area contributed by atoms with Crippen LogP contribution < -0.4 is 10.6 Å². The lowest BCUT2D eigenvalue weighted by atomic mass is 10.0. The van der Waals surface area contributed by atoms with Crippen LogP contribution in [0.15, 0.2) is 12.1 Å². The van der Waals surface area contributed by atoms with Crippen molar-refractivity contribution in [2.24, 2.45) is 5.41 Å². The normalized spacial score (nSPS) is 17.3. The minimum absolute atomic E-state index is 0.0684. The summed E-state index contributed by atoms with van der Waals surface area (Å²) in [7, 11) is 1.91. The highest BCUT2D eigenvalue weighted by molar-refractivity contribution is 5.84. The summed E-state index contributed by atoms with van der Waals surface area (Å²) in [6.07, 6.45) is 9.47. The maximum atomic E-state index is 12.3. The molecule has 0 aliphatic heterocycles. The number of carbonyl (C=O) groups excluding carboxylic acids is 1. The van der Waals surface area contributed by atoms with Crippen LogP contribution in [0, 0.1) is 5.41 Å². The minimum Gasteiger partial charge on any atom is -0.480 e. The molecule has 1 unspecified atom stereocenters. The summed E-state index contributed by atoms with van der Waals surface area (Å²) in [5.41, 5.74) is 2.39. The average Bonchev–Trinajstić information content (AvgIpc) is 3.77. The summed E-state index contributed by atoms with van der Waals surface area (Å²) in [6, 6.07) is 3.42. The highest BCUT2D eigenvalue weighted by atomic mass is 16.5. The van der Waals surface area contributed by atoms with E-state index in [0.717, 1.165) is 76.0 Å². The van der Waals surface area contributed by atoms with E-state index < -0.39 is 12.0 Å². The van der Waals surface area contributed by atoms with Gasteiger partial charge in [0, 0.05) is 32.3 Å². The van der Waals surface area contributed by atoms with Gasteiger partial charge < -0.3 is 25.4 Å². The van der Waals surface area contributed by atoms with Gasteiger partial charge in [0.15, 0.2) is 0 Å². The fourth-order valence-corrected chi connectivity index (χ4v) is 4.32. The van der Waals surface area contributed by atoms with E-state index in [0.29, 0.717) is 32.1 Å². The van der Waals surface area contributed by atoms with Gasteiger partial charge >= 0.3 is 5.97 Å². The Bertz CT molecular complexity index is 838. The van der Waals surface area contributed by atoms with E-state index >= 15 is 0 Å². The molecule has 1 amide bonds. The Hall–Kier alpha value is -2.19. The number of nitrogens with zero attached hydrogens (tertiary/aromatic N) is 2. The number of carboxylic acids is 1.